The molecule has 1 aliphatic rings. The molecule has 8 nitrogen and oxygen atoms in total. The van der Waals surface area contributed by atoms with Gasteiger partial charge in [0.15, 0.2) is 5.76 Å². The lowest BCUT2D eigenvalue weighted by Gasteiger charge is -2.32. The van der Waals surface area contributed by atoms with E-state index in [4.69, 9.17) is 4.42 Å². The number of nitro groups is 1. The van der Waals surface area contributed by atoms with Crippen molar-refractivity contribution in [3.05, 3.63) is 28.0 Å². The SMILES string of the molecule is COC(=O)[C@H]1CCCCN1C(=O)c1ccc([N+](=O)[O-])o1. The van der Waals surface area contributed by atoms with Gasteiger partial charge in [0.05, 0.1) is 13.2 Å². The smallest absolute Gasteiger partial charge is 0.433 e. The highest BCUT2D eigenvalue weighted by molar-refractivity contribution is 5.94. The number of carbonyl (C=O) groups is 2. The predicted octanol–water partition coefficient (Wildman–Crippen LogP) is 1.36. The molecule has 1 fully saturated rings. The lowest BCUT2D eigenvalue weighted by molar-refractivity contribution is -0.402. The van der Waals surface area contributed by atoms with Crippen molar-refractivity contribution in [3.63, 3.8) is 0 Å². The van der Waals surface area contributed by atoms with Gasteiger partial charge >= 0.3 is 11.9 Å². The number of carbonyl (C=O) groups excluding carboxylic acids is 2. The van der Waals surface area contributed by atoms with Crippen LogP contribution in [0, 0.1) is 10.1 Å². The lowest BCUT2D eigenvalue weighted by atomic mass is 10.0. The van der Waals surface area contributed by atoms with E-state index in [1.807, 2.05) is 0 Å². The third-order valence-corrected chi connectivity index (χ3v) is 3.22. The molecule has 0 aromatic carbocycles. The van der Waals surface area contributed by atoms with Crippen LogP contribution in [0.2, 0.25) is 0 Å². The molecule has 1 amide bonds. The van der Waals surface area contributed by atoms with Crippen molar-refractivity contribution in [2.24, 2.45) is 0 Å². The number of hydrogen-bond acceptors (Lipinski definition) is 6. The first-order valence-electron chi connectivity index (χ1n) is 6.17. The molecule has 0 spiro atoms. The van der Waals surface area contributed by atoms with Crippen molar-refractivity contribution in [2.75, 3.05) is 13.7 Å². The quantitative estimate of drug-likeness (QED) is 0.471. The monoisotopic (exact) mass is 282 g/mol. The Labute approximate surface area is 114 Å². The summed E-state index contributed by atoms with van der Waals surface area (Å²) in [4.78, 5) is 35.1. The second-order valence-corrected chi connectivity index (χ2v) is 4.43. The zero-order valence-electron chi connectivity index (χ0n) is 10.9. The summed E-state index contributed by atoms with van der Waals surface area (Å²) in [6.07, 6.45) is 2.10. The van der Waals surface area contributed by atoms with Crippen molar-refractivity contribution in [3.8, 4) is 0 Å². The number of rotatable bonds is 3. The maximum Gasteiger partial charge on any atom is 0.433 e. The number of furan rings is 1. The van der Waals surface area contributed by atoms with Crippen molar-refractivity contribution in [2.45, 2.75) is 25.3 Å². The molecule has 8 heteroatoms. The molecule has 0 radical (unpaired) electrons. The average molecular weight is 282 g/mol. The van der Waals surface area contributed by atoms with Gasteiger partial charge < -0.3 is 14.1 Å². The summed E-state index contributed by atoms with van der Waals surface area (Å²) in [6, 6.07) is 1.69. The van der Waals surface area contributed by atoms with E-state index in [1.54, 1.807) is 0 Å². The van der Waals surface area contributed by atoms with E-state index in [0.717, 1.165) is 18.9 Å². The van der Waals surface area contributed by atoms with E-state index in [2.05, 4.69) is 4.74 Å². The number of esters is 1. The second kappa shape index (κ2) is 5.72. The van der Waals surface area contributed by atoms with Crippen LogP contribution in [-0.2, 0) is 9.53 Å². The van der Waals surface area contributed by atoms with Crippen LogP contribution in [0.5, 0.6) is 0 Å². The molecule has 1 aliphatic heterocycles. The van der Waals surface area contributed by atoms with Crippen LogP contribution < -0.4 is 0 Å². The Morgan fingerprint density at radius 2 is 2.20 bits per heavy atom. The number of piperidine rings is 1. The van der Waals surface area contributed by atoms with Gasteiger partial charge in [-0.15, -0.1) is 0 Å². The van der Waals surface area contributed by atoms with Crippen molar-refractivity contribution in [1.82, 2.24) is 4.90 Å². The number of hydrogen-bond donors (Lipinski definition) is 0. The van der Waals surface area contributed by atoms with E-state index in [0.29, 0.717) is 13.0 Å². The fourth-order valence-electron chi connectivity index (χ4n) is 2.24. The van der Waals surface area contributed by atoms with E-state index in [1.165, 1.54) is 18.1 Å². The summed E-state index contributed by atoms with van der Waals surface area (Å²) < 4.78 is 9.56. The number of ether oxygens (including phenoxy) is 1. The molecule has 1 aromatic heterocycles. The van der Waals surface area contributed by atoms with Crippen molar-refractivity contribution in [1.29, 1.82) is 0 Å². The van der Waals surface area contributed by atoms with Gasteiger partial charge in [0.1, 0.15) is 11.0 Å². The third-order valence-electron chi connectivity index (χ3n) is 3.22. The number of methoxy groups -OCH3 is 1. The van der Waals surface area contributed by atoms with Gasteiger partial charge in [0, 0.05) is 6.54 Å². The van der Waals surface area contributed by atoms with Crippen LogP contribution >= 0.6 is 0 Å². The van der Waals surface area contributed by atoms with Gasteiger partial charge in [-0.25, -0.2) is 4.79 Å². The zero-order chi connectivity index (χ0) is 14.7. The summed E-state index contributed by atoms with van der Waals surface area (Å²) in [5, 5.41) is 10.5. The van der Waals surface area contributed by atoms with E-state index in [9.17, 15) is 19.7 Å². The molecule has 0 N–H and O–H groups in total. The molecule has 1 atom stereocenters. The van der Waals surface area contributed by atoms with Gasteiger partial charge in [-0.05, 0) is 25.3 Å². The summed E-state index contributed by atoms with van der Waals surface area (Å²) in [6.45, 7) is 0.396. The number of amides is 1. The minimum absolute atomic E-state index is 0.146. The molecular weight excluding hydrogens is 268 g/mol. The first kappa shape index (κ1) is 14.0. The second-order valence-electron chi connectivity index (χ2n) is 4.43. The molecule has 108 valence electrons. The first-order chi connectivity index (χ1) is 9.54. The normalized spacial score (nSPS) is 18.6. The zero-order valence-corrected chi connectivity index (χ0v) is 10.9. The van der Waals surface area contributed by atoms with Gasteiger partial charge in [0.25, 0.3) is 5.91 Å². The number of nitrogens with zero attached hydrogens (tertiary/aromatic N) is 2. The molecule has 1 aromatic rings. The fraction of sp³-hybridized carbons (Fsp3) is 0.500. The largest absolute Gasteiger partial charge is 0.467 e. The van der Waals surface area contributed by atoms with Crippen molar-refractivity contribution >= 4 is 17.8 Å². The minimum atomic E-state index is -0.717. The third kappa shape index (κ3) is 2.63. The molecule has 2 rings (SSSR count). The molecule has 0 saturated carbocycles. The Balaban J connectivity index is 2.20. The maximum absolute atomic E-state index is 12.3. The number of likely N-dealkylation sites (tertiary alicyclic amines) is 1. The van der Waals surface area contributed by atoms with Gasteiger partial charge in [-0.2, -0.15) is 0 Å². The van der Waals surface area contributed by atoms with E-state index < -0.39 is 28.7 Å². The van der Waals surface area contributed by atoms with Crippen LogP contribution in [0.4, 0.5) is 5.88 Å². The summed E-state index contributed by atoms with van der Waals surface area (Å²) in [5.41, 5.74) is 0. The van der Waals surface area contributed by atoms with E-state index in [-0.39, 0.29) is 5.76 Å². The Kier molecular flexibility index (Phi) is 4.02. The van der Waals surface area contributed by atoms with E-state index >= 15 is 0 Å². The Bertz CT molecular complexity index is 538. The molecule has 0 bridgehead atoms. The minimum Gasteiger partial charge on any atom is -0.467 e. The highest BCUT2D eigenvalue weighted by atomic mass is 16.6. The van der Waals surface area contributed by atoms with Crippen LogP contribution in [0.25, 0.3) is 0 Å². The Hall–Kier alpha value is -2.38. The average Bonchev–Trinajstić information content (AvgIpc) is 2.95. The molecule has 0 unspecified atom stereocenters. The predicted molar refractivity (Wildman–Crippen MR) is 66.1 cm³/mol. The van der Waals surface area contributed by atoms with Crippen molar-refractivity contribution < 1.29 is 23.7 Å². The first-order valence-corrected chi connectivity index (χ1v) is 6.17. The molecular formula is C12H14N2O6. The van der Waals surface area contributed by atoms with Crippen LogP contribution in [0.3, 0.4) is 0 Å². The van der Waals surface area contributed by atoms with Crippen LogP contribution in [-0.4, -0.2) is 41.4 Å². The highest BCUT2D eigenvalue weighted by Crippen LogP contribution is 2.23. The standard InChI is InChI=1S/C12H14N2O6/c1-19-12(16)8-4-2-3-7-13(8)11(15)9-5-6-10(20-9)14(17)18/h5-6,8H,2-4,7H2,1H3/t8-/m1/s1. The van der Waals surface area contributed by atoms with Gasteiger partial charge in [-0.1, -0.05) is 0 Å². The molecule has 2 heterocycles. The summed E-state index contributed by atoms with van der Waals surface area (Å²) in [5.74, 6) is -1.67. The maximum atomic E-state index is 12.3. The van der Waals surface area contributed by atoms with Gasteiger partial charge in [-0.3, -0.25) is 14.9 Å². The van der Waals surface area contributed by atoms with Crippen LogP contribution in [0.1, 0.15) is 29.8 Å². The highest BCUT2D eigenvalue weighted by Gasteiger charge is 2.35. The fourth-order valence-corrected chi connectivity index (χ4v) is 2.24. The Morgan fingerprint density at radius 1 is 1.45 bits per heavy atom. The topological polar surface area (TPSA) is 103 Å². The summed E-state index contributed by atoms with van der Waals surface area (Å²) in [7, 11) is 1.26. The molecule has 0 aliphatic carbocycles. The molecule has 1 saturated heterocycles. The molecule has 20 heavy (non-hydrogen) atoms. The van der Waals surface area contributed by atoms with Crippen LogP contribution in [0.15, 0.2) is 16.5 Å². The van der Waals surface area contributed by atoms with Gasteiger partial charge in [0.2, 0.25) is 0 Å². The lowest BCUT2D eigenvalue weighted by Crippen LogP contribution is -2.48. The summed E-state index contributed by atoms with van der Waals surface area (Å²) >= 11 is 0. The Morgan fingerprint density at radius 3 is 2.80 bits per heavy atom.